The Hall–Kier alpha value is -1.54. The summed E-state index contributed by atoms with van der Waals surface area (Å²) in [7, 11) is 2.09. The molecule has 5 nitrogen and oxygen atoms in total. The first-order valence-corrected chi connectivity index (χ1v) is 7.54. The molecule has 2 rings (SSSR count). The average Bonchev–Trinajstić information content (AvgIpc) is 2.47. The molecule has 0 bridgehead atoms. The molecule has 1 saturated heterocycles. The van der Waals surface area contributed by atoms with Crippen LogP contribution in [-0.4, -0.2) is 55.0 Å². The van der Waals surface area contributed by atoms with Crippen LogP contribution in [0.25, 0.3) is 0 Å². The molecule has 1 N–H and O–H groups in total. The van der Waals surface area contributed by atoms with E-state index < -0.39 is 0 Å². The lowest BCUT2D eigenvalue weighted by Gasteiger charge is -2.31. The summed E-state index contributed by atoms with van der Waals surface area (Å²) >= 11 is 0. The molecule has 0 atom stereocenters. The van der Waals surface area contributed by atoms with Crippen molar-refractivity contribution >= 4 is 5.91 Å². The molecule has 0 spiro atoms. The van der Waals surface area contributed by atoms with Gasteiger partial charge in [0.25, 0.3) is 5.91 Å². The number of carbonyl (C=O) groups excluding carboxylic acids is 1. The zero-order valence-corrected chi connectivity index (χ0v) is 12.3. The monoisotopic (exact) mass is 276 g/mol. The van der Waals surface area contributed by atoms with Crippen LogP contribution < -0.4 is 5.32 Å². The summed E-state index contributed by atoms with van der Waals surface area (Å²) in [6.45, 7) is 3.69. The molecule has 0 aromatic heterocycles. The van der Waals surface area contributed by atoms with Gasteiger partial charge in [-0.3, -0.25) is 4.79 Å². The number of nitrogens with one attached hydrogen (secondary N) is 1. The van der Waals surface area contributed by atoms with Gasteiger partial charge in [-0.15, -0.1) is 0 Å². The van der Waals surface area contributed by atoms with Crippen LogP contribution in [0.15, 0.2) is 11.8 Å². The van der Waals surface area contributed by atoms with E-state index in [1.165, 1.54) is 19.3 Å². The molecule has 1 aliphatic carbocycles. The van der Waals surface area contributed by atoms with Gasteiger partial charge in [-0.25, -0.2) is 0 Å². The van der Waals surface area contributed by atoms with Crippen molar-refractivity contribution in [1.29, 1.82) is 5.26 Å². The fraction of sp³-hybridized carbons (Fsp3) is 0.733. The van der Waals surface area contributed by atoms with Gasteiger partial charge >= 0.3 is 0 Å². The Balaban J connectivity index is 1.89. The summed E-state index contributed by atoms with van der Waals surface area (Å²) in [6, 6.07) is 2.29. The van der Waals surface area contributed by atoms with E-state index in [0.717, 1.165) is 39.0 Å². The zero-order valence-electron chi connectivity index (χ0n) is 12.3. The first-order chi connectivity index (χ1) is 9.69. The van der Waals surface area contributed by atoms with Crippen LogP contribution in [0.1, 0.15) is 32.1 Å². The van der Waals surface area contributed by atoms with Crippen molar-refractivity contribution in [3.8, 4) is 6.07 Å². The van der Waals surface area contributed by atoms with Gasteiger partial charge in [0.05, 0.1) is 0 Å². The topological polar surface area (TPSA) is 59.4 Å². The number of carbonyl (C=O) groups is 1. The summed E-state index contributed by atoms with van der Waals surface area (Å²) in [6.07, 6.45) is 7.42. The number of hydrogen-bond donors (Lipinski definition) is 1. The summed E-state index contributed by atoms with van der Waals surface area (Å²) in [4.78, 5) is 16.5. The second-order valence-corrected chi connectivity index (χ2v) is 5.80. The highest BCUT2D eigenvalue weighted by molar-refractivity contribution is 5.97. The lowest BCUT2D eigenvalue weighted by molar-refractivity contribution is -0.118. The standard InChI is InChI=1S/C15H24N4O/c1-18-7-9-19(10-8-18)12-13(11-16)15(20)17-14-5-3-2-4-6-14/h12,14H,2-10H2,1H3,(H,17,20)/b13-12-. The third-order valence-electron chi connectivity index (χ3n) is 4.16. The lowest BCUT2D eigenvalue weighted by Crippen LogP contribution is -2.42. The van der Waals surface area contributed by atoms with E-state index in [0.29, 0.717) is 0 Å². The average molecular weight is 276 g/mol. The van der Waals surface area contributed by atoms with Crippen molar-refractivity contribution in [2.45, 2.75) is 38.1 Å². The van der Waals surface area contributed by atoms with Gasteiger partial charge in [-0.05, 0) is 19.9 Å². The van der Waals surface area contributed by atoms with Crippen LogP contribution in [0.3, 0.4) is 0 Å². The first kappa shape index (κ1) is 14.9. The molecule has 2 fully saturated rings. The van der Waals surface area contributed by atoms with Crippen molar-refractivity contribution in [3.05, 3.63) is 11.8 Å². The van der Waals surface area contributed by atoms with E-state index in [1.54, 1.807) is 6.20 Å². The minimum absolute atomic E-state index is 0.210. The SMILES string of the molecule is CN1CCN(/C=C(/C#N)C(=O)NC2CCCCC2)CC1. The molecule has 1 aliphatic heterocycles. The minimum atomic E-state index is -0.210. The molecule has 1 heterocycles. The van der Waals surface area contributed by atoms with E-state index in [-0.39, 0.29) is 17.5 Å². The van der Waals surface area contributed by atoms with Gasteiger partial charge < -0.3 is 15.1 Å². The van der Waals surface area contributed by atoms with Gasteiger partial charge in [-0.2, -0.15) is 5.26 Å². The Bertz CT molecular complexity index is 399. The summed E-state index contributed by atoms with van der Waals surface area (Å²) in [5, 5.41) is 12.2. The number of hydrogen-bond acceptors (Lipinski definition) is 4. The Labute approximate surface area is 121 Å². The normalized spacial score (nSPS) is 22.4. The van der Waals surface area contributed by atoms with Crippen LogP contribution in [-0.2, 0) is 4.79 Å². The number of nitriles is 1. The third-order valence-corrected chi connectivity index (χ3v) is 4.16. The van der Waals surface area contributed by atoms with Crippen molar-refractivity contribution in [3.63, 3.8) is 0 Å². The van der Waals surface area contributed by atoms with Crippen molar-refractivity contribution in [2.24, 2.45) is 0 Å². The third kappa shape index (κ3) is 4.24. The van der Waals surface area contributed by atoms with E-state index in [2.05, 4.69) is 22.2 Å². The molecule has 0 aromatic rings. The number of likely N-dealkylation sites (N-methyl/N-ethyl adjacent to an activating group) is 1. The highest BCUT2D eigenvalue weighted by Crippen LogP contribution is 2.17. The highest BCUT2D eigenvalue weighted by atomic mass is 16.1. The number of rotatable bonds is 3. The fourth-order valence-electron chi connectivity index (χ4n) is 2.78. The Morgan fingerprint density at radius 2 is 1.85 bits per heavy atom. The number of nitrogens with zero attached hydrogens (tertiary/aromatic N) is 3. The molecule has 0 radical (unpaired) electrons. The largest absolute Gasteiger partial charge is 0.374 e. The summed E-state index contributed by atoms with van der Waals surface area (Å²) in [5.41, 5.74) is 0.236. The van der Waals surface area contributed by atoms with E-state index in [9.17, 15) is 10.1 Å². The molecule has 2 aliphatic rings. The van der Waals surface area contributed by atoms with Crippen molar-refractivity contribution < 1.29 is 4.79 Å². The molecule has 20 heavy (non-hydrogen) atoms. The first-order valence-electron chi connectivity index (χ1n) is 7.54. The maximum Gasteiger partial charge on any atom is 0.263 e. The quantitative estimate of drug-likeness (QED) is 0.619. The van der Waals surface area contributed by atoms with Crippen LogP contribution in [0.2, 0.25) is 0 Å². The van der Waals surface area contributed by atoms with Gasteiger partial charge in [0, 0.05) is 38.4 Å². The summed E-state index contributed by atoms with van der Waals surface area (Å²) < 4.78 is 0. The Morgan fingerprint density at radius 3 is 2.45 bits per heavy atom. The predicted octanol–water partition coefficient (Wildman–Crippen LogP) is 1.09. The van der Waals surface area contributed by atoms with Crippen LogP contribution in [0.5, 0.6) is 0 Å². The van der Waals surface area contributed by atoms with E-state index >= 15 is 0 Å². The molecule has 0 unspecified atom stereocenters. The second kappa shape index (κ2) is 7.30. The zero-order chi connectivity index (χ0) is 14.4. The van der Waals surface area contributed by atoms with Gasteiger partial charge in [-0.1, -0.05) is 19.3 Å². The predicted molar refractivity (Wildman–Crippen MR) is 77.8 cm³/mol. The van der Waals surface area contributed by atoms with E-state index in [1.807, 2.05) is 6.07 Å². The number of amides is 1. The number of piperazine rings is 1. The lowest BCUT2D eigenvalue weighted by atomic mass is 9.95. The molecular weight excluding hydrogens is 252 g/mol. The Kier molecular flexibility index (Phi) is 5.42. The van der Waals surface area contributed by atoms with Gasteiger partial charge in [0.2, 0.25) is 0 Å². The minimum Gasteiger partial charge on any atom is -0.374 e. The molecule has 110 valence electrons. The smallest absolute Gasteiger partial charge is 0.263 e. The van der Waals surface area contributed by atoms with Gasteiger partial charge in [0.1, 0.15) is 11.6 Å². The molecule has 5 heteroatoms. The summed E-state index contributed by atoms with van der Waals surface area (Å²) in [5.74, 6) is -0.210. The van der Waals surface area contributed by atoms with E-state index in [4.69, 9.17) is 0 Å². The highest BCUT2D eigenvalue weighted by Gasteiger charge is 2.19. The molecule has 0 aromatic carbocycles. The van der Waals surface area contributed by atoms with Gasteiger partial charge in [0.15, 0.2) is 0 Å². The molecule has 1 saturated carbocycles. The molecule has 1 amide bonds. The van der Waals surface area contributed by atoms with Crippen LogP contribution in [0.4, 0.5) is 0 Å². The van der Waals surface area contributed by atoms with Crippen LogP contribution >= 0.6 is 0 Å². The van der Waals surface area contributed by atoms with Crippen molar-refractivity contribution in [1.82, 2.24) is 15.1 Å². The van der Waals surface area contributed by atoms with Crippen LogP contribution in [0, 0.1) is 11.3 Å². The maximum absolute atomic E-state index is 12.1. The van der Waals surface area contributed by atoms with Crippen molar-refractivity contribution in [2.75, 3.05) is 33.2 Å². The molecular formula is C15H24N4O. The fourth-order valence-corrected chi connectivity index (χ4v) is 2.78. The maximum atomic E-state index is 12.1. The Morgan fingerprint density at radius 1 is 1.20 bits per heavy atom. The second-order valence-electron chi connectivity index (χ2n) is 5.80.